The van der Waals surface area contributed by atoms with Crippen LogP contribution in [-0.4, -0.2) is 51.8 Å². The Morgan fingerprint density at radius 1 is 1.33 bits per heavy atom. The minimum atomic E-state index is -4.08. The van der Waals surface area contributed by atoms with Crippen molar-refractivity contribution in [3.05, 3.63) is 0 Å². The molecule has 0 aromatic rings. The Morgan fingerprint density at radius 2 is 1.33 bits per heavy atom. The third-order valence-electron chi connectivity index (χ3n) is 0. The molecule has 0 atom stereocenters. The van der Waals surface area contributed by atoms with E-state index in [2.05, 4.69) is 0 Å². The molecular formula is H2O6SrTiZr. The first-order valence-corrected chi connectivity index (χ1v) is 6.38. The van der Waals surface area contributed by atoms with E-state index in [-0.39, 0.29) is 45.5 Å². The molecule has 0 aliphatic carbocycles. The quantitative estimate of drug-likeness (QED) is 0.437. The molecule has 0 aromatic heterocycles. The van der Waals surface area contributed by atoms with Gasteiger partial charge in [0.2, 0.25) is 0 Å². The van der Waals surface area contributed by atoms with Gasteiger partial charge in [-0.15, -0.1) is 0 Å². The van der Waals surface area contributed by atoms with Gasteiger partial charge in [-0.25, -0.2) is 0 Å². The summed E-state index contributed by atoms with van der Waals surface area (Å²) in [6.45, 7) is 0. The smallest absolute Gasteiger partial charge is 2.00 e. The molecule has 0 aliphatic rings. The SMILES string of the molecule is [O]=[Ti]([O-])[O-].[O]=[Zr]([OH])[OH].[Sr+2]. The predicted molar refractivity (Wildman–Crippen MR) is 11.6 cm³/mol. The van der Waals surface area contributed by atoms with E-state index >= 15 is 0 Å². The Hall–Kier alpha value is 2.52. The van der Waals surface area contributed by atoms with Gasteiger partial charge < -0.3 is 0 Å². The molecule has 0 saturated heterocycles. The molecule has 0 aliphatic heterocycles. The van der Waals surface area contributed by atoms with Crippen molar-refractivity contribution in [1.29, 1.82) is 0 Å². The third kappa shape index (κ3) is 120. The first-order valence-electron chi connectivity index (χ1n) is 1.26. The predicted octanol–water partition coefficient (Wildman–Crippen LogP) is -4.12. The van der Waals surface area contributed by atoms with Crippen molar-refractivity contribution in [3.63, 3.8) is 0 Å². The van der Waals surface area contributed by atoms with Gasteiger partial charge in [0.05, 0.1) is 0 Å². The Balaban J connectivity index is -0.0000000720. The molecule has 0 heterocycles. The van der Waals surface area contributed by atoms with Crippen LogP contribution in [0.1, 0.15) is 0 Å². The van der Waals surface area contributed by atoms with E-state index in [0.29, 0.717) is 0 Å². The summed E-state index contributed by atoms with van der Waals surface area (Å²) in [6, 6.07) is 0. The zero-order chi connectivity index (χ0) is 7.15. The molecular weight excluding hydrogens is 323 g/mol. The molecule has 2 N–H and O–H groups in total. The summed E-state index contributed by atoms with van der Waals surface area (Å²) in [5, 5.41) is 0. The molecule has 0 rings (SSSR count). The Kier molecular flexibility index (Phi) is 25.6. The molecule has 0 fully saturated rings. The van der Waals surface area contributed by atoms with Crippen molar-refractivity contribution in [2.75, 3.05) is 0 Å². The van der Waals surface area contributed by atoms with Gasteiger partial charge in [0.15, 0.2) is 0 Å². The van der Waals surface area contributed by atoms with Gasteiger partial charge in [0.25, 0.3) is 0 Å². The maximum atomic E-state index is 8.84. The zero-order valence-corrected chi connectivity index (χ0v) is 11.7. The first kappa shape index (κ1) is 17.6. The second-order valence-corrected chi connectivity index (χ2v) is 2.70. The van der Waals surface area contributed by atoms with E-state index in [9.17, 15) is 0 Å². The van der Waals surface area contributed by atoms with Crippen LogP contribution in [0.2, 0.25) is 0 Å². The van der Waals surface area contributed by atoms with Crippen LogP contribution >= 0.6 is 0 Å². The topological polar surface area (TPSA) is 121 Å². The fourth-order valence-corrected chi connectivity index (χ4v) is 0. The van der Waals surface area contributed by atoms with Crippen molar-refractivity contribution < 1.29 is 61.1 Å². The fourth-order valence-electron chi connectivity index (χ4n) is 0. The number of hydrogen-bond acceptors (Lipinski definition) is 4. The monoisotopic (exact) mass is 324 g/mol. The first-order chi connectivity index (χ1) is 3.46. The normalized spacial score (nSPS) is 5.78. The minimum absolute atomic E-state index is 0. The second kappa shape index (κ2) is 13.1. The molecule has 0 radical (unpaired) electrons. The van der Waals surface area contributed by atoms with Crippen LogP contribution in [0.25, 0.3) is 0 Å². The molecule has 0 unspecified atom stereocenters. The van der Waals surface area contributed by atoms with Crippen molar-refractivity contribution in [1.82, 2.24) is 0 Å². The van der Waals surface area contributed by atoms with Gasteiger partial charge >= 0.3 is 107 Å². The van der Waals surface area contributed by atoms with Gasteiger partial charge in [0.1, 0.15) is 0 Å². The molecule has 9 heavy (non-hydrogen) atoms. The minimum Gasteiger partial charge on any atom is 2.00 e. The molecule has 0 aromatic carbocycles. The van der Waals surface area contributed by atoms with Crippen molar-refractivity contribution in [2.45, 2.75) is 0 Å². The number of hydrogen-bond donors (Lipinski definition) is 2. The summed E-state index contributed by atoms with van der Waals surface area (Å²) in [6.07, 6.45) is 0. The Morgan fingerprint density at radius 3 is 1.33 bits per heavy atom. The number of rotatable bonds is 0. The van der Waals surface area contributed by atoms with Crippen molar-refractivity contribution in [3.8, 4) is 0 Å². The van der Waals surface area contributed by atoms with E-state index in [0.717, 1.165) is 0 Å². The molecule has 0 bridgehead atoms. The molecule has 0 saturated carbocycles. The standard InChI is InChI=1S/2H2O.4O.Sr.Ti.Zr/h2*1H2;;;;;;;/q;;;;2*-1;+2;;+2/p-2. The van der Waals surface area contributed by atoms with Crippen LogP contribution in [0.5, 0.6) is 0 Å². The van der Waals surface area contributed by atoms with Crippen LogP contribution in [-0.2, 0) is 47.4 Å². The van der Waals surface area contributed by atoms with Crippen molar-refractivity contribution in [2.24, 2.45) is 0 Å². The summed E-state index contributed by atoms with van der Waals surface area (Å²) in [7, 11) is 0. The molecule has 0 spiro atoms. The average molecular weight is 325 g/mol. The summed E-state index contributed by atoms with van der Waals surface area (Å²) in [5.74, 6) is 0. The second-order valence-electron chi connectivity index (χ2n) is 0.533. The van der Waals surface area contributed by atoms with E-state index in [4.69, 9.17) is 19.9 Å². The van der Waals surface area contributed by atoms with Gasteiger partial charge in [-0.1, -0.05) is 0 Å². The van der Waals surface area contributed by atoms with Crippen LogP contribution in [0.15, 0.2) is 0 Å². The maximum Gasteiger partial charge on any atom is 2.00 e. The summed E-state index contributed by atoms with van der Waals surface area (Å²) < 4.78 is 49.1. The van der Waals surface area contributed by atoms with Crippen LogP contribution in [0.4, 0.5) is 0 Å². The van der Waals surface area contributed by atoms with Gasteiger partial charge in [-0.05, 0) is 0 Å². The van der Waals surface area contributed by atoms with Crippen molar-refractivity contribution >= 4 is 45.5 Å². The van der Waals surface area contributed by atoms with Crippen LogP contribution < -0.4 is 7.38 Å². The largest absolute Gasteiger partial charge is 2.00 e. The van der Waals surface area contributed by atoms with Gasteiger partial charge in [-0.2, -0.15) is 0 Å². The van der Waals surface area contributed by atoms with E-state index in [1.807, 2.05) is 0 Å². The molecule has 9 heteroatoms. The van der Waals surface area contributed by atoms with E-state index in [1.165, 1.54) is 0 Å². The van der Waals surface area contributed by atoms with Crippen LogP contribution in [0, 0.1) is 0 Å². The summed E-state index contributed by atoms with van der Waals surface area (Å²) >= 11 is -7.88. The molecule has 6 nitrogen and oxygen atoms in total. The fraction of sp³-hybridized carbons (Fsp3) is 0. The molecule has 48 valence electrons. The molecule has 0 amide bonds. The summed E-state index contributed by atoms with van der Waals surface area (Å²) in [5.41, 5.74) is 0. The van der Waals surface area contributed by atoms with Crippen LogP contribution in [0.3, 0.4) is 0 Å². The Bertz CT molecular complexity index is 71.1. The zero-order valence-electron chi connectivity index (χ0n) is 4.23. The van der Waals surface area contributed by atoms with E-state index < -0.39 is 41.3 Å². The van der Waals surface area contributed by atoms with Gasteiger partial charge in [0, 0.05) is 0 Å². The Labute approximate surface area is 104 Å². The maximum absolute atomic E-state index is 8.84. The van der Waals surface area contributed by atoms with Gasteiger partial charge in [-0.3, -0.25) is 0 Å². The summed E-state index contributed by atoms with van der Waals surface area (Å²) in [4.78, 5) is 0. The third-order valence-corrected chi connectivity index (χ3v) is 0. The van der Waals surface area contributed by atoms with E-state index in [1.54, 1.807) is 0 Å². The average Bonchev–Trinajstić information content (AvgIpc) is 1.25.